The minimum Gasteiger partial charge on any atom is -0.497 e. The van der Waals surface area contributed by atoms with Crippen LogP contribution in [0.1, 0.15) is 11.3 Å². The van der Waals surface area contributed by atoms with Crippen molar-refractivity contribution in [3.63, 3.8) is 0 Å². The summed E-state index contributed by atoms with van der Waals surface area (Å²) in [6.07, 6.45) is 0. The standard InChI is InChI=1S/C17H21N5O2/c1-12-8-15(20-17(18)19-12)21-6-7-22(16(23)11-21)10-13-4-3-5-14(9-13)24-2/h3-5,8-9H,6-7,10-11H2,1-2H3,(H2,18,19,20). The molecule has 1 aromatic carbocycles. The second kappa shape index (κ2) is 6.74. The number of rotatable bonds is 4. The zero-order valence-electron chi connectivity index (χ0n) is 13.9. The number of nitrogen functional groups attached to an aromatic ring is 1. The van der Waals surface area contributed by atoms with Crippen molar-refractivity contribution in [2.75, 3.05) is 37.4 Å². The molecule has 126 valence electrons. The summed E-state index contributed by atoms with van der Waals surface area (Å²) in [7, 11) is 1.64. The van der Waals surface area contributed by atoms with Crippen molar-refractivity contribution in [2.24, 2.45) is 0 Å². The van der Waals surface area contributed by atoms with Gasteiger partial charge in [-0.2, -0.15) is 4.98 Å². The van der Waals surface area contributed by atoms with Crippen molar-refractivity contribution >= 4 is 17.7 Å². The number of piperazine rings is 1. The highest BCUT2D eigenvalue weighted by Gasteiger charge is 2.25. The number of hydrogen-bond acceptors (Lipinski definition) is 6. The van der Waals surface area contributed by atoms with Gasteiger partial charge in [0.05, 0.1) is 13.7 Å². The Kier molecular flexibility index (Phi) is 4.50. The Morgan fingerprint density at radius 3 is 2.79 bits per heavy atom. The van der Waals surface area contributed by atoms with E-state index in [-0.39, 0.29) is 11.9 Å². The molecule has 0 spiro atoms. The maximum absolute atomic E-state index is 12.5. The van der Waals surface area contributed by atoms with E-state index in [1.807, 2.05) is 47.1 Å². The lowest BCUT2D eigenvalue weighted by Crippen LogP contribution is -2.50. The SMILES string of the molecule is COc1cccc(CN2CCN(c3cc(C)nc(N)n3)CC2=O)c1. The third-order valence-corrected chi connectivity index (χ3v) is 4.01. The van der Waals surface area contributed by atoms with Gasteiger partial charge in [-0.25, -0.2) is 4.98 Å². The van der Waals surface area contributed by atoms with Gasteiger partial charge in [-0.05, 0) is 24.6 Å². The van der Waals surface area contributed by atoms with Crippen LogP contribution in [0.25, 0.3) is 0 Å². The fourth-order valence-corrected chi connectivity index (χ4v) is 2.80. The summed E-state index contributed by atoms with van der Waals surface area (Å²) in [4.78, 5) is 24.6. The first-order valence-corrected chi connectivity index (χ1v) is 7.82. The zero-order chi connectivity index (χ0) is 17.1. The first-order chi connectivity index (χ1) is 11.5. The fraction of sp³-hybridized carbons (Fsp3) is 0.353. The molecule has 1 amide bonds. The third-order valence-electron chi connectivity index (χ3n) is 4.01. The Morgan fingerprint density at radius 1 is 1.25 bits per heavy atom. The predicted octanol–water partition coefficient (Wildman–Crippen LogP) is 1.22. The first kappa shape index (κ1) is 16.0. The molecule has 1 fully saturated rings. The molecular formula is C17H21N5O2. The van der Waals surface area contributed by atoms with Gasteiger partial charge in [0.25, 0.3) is 0 Å². The maximum atomic E-state index is 12.5. The van der Waals surface area contributed by atoms with Crippen LogP contribution in [0.3, 0.4) is 0 Å². The van der Waals surface area contributed by atoms with Crippen LogP contribution >= 0.6 is 0 Å². The summed E-state index contributed by atoms with van der Waals surface area (Å²) in [6, 6.07) is 9.62. The molecule has 0 saturated carbocycles. The second-order valence-corrected chi connectivity index (χ2v) is 5.81. The molecule has 0 bridgehead atoms. The van der Waals surface area contributed by atoms with E-state index in [0.717, 1.165) is 17.0 Å². The quantitative estimate of drug-likeness (QED) is 0.909. The van der Waals surface area contributed by atoms with E-state index in [0.29, 0.717) is 32.0 Å². The fourth-order valence-electron chi connectivity index (χ4n) is 2.80. The third kappa shape index (κ3) is 3.56. The highest BCUT2D eigenvalue weighted by atomic mass is 16.5. The van der Waals surface area contributed by atoms with Crippen LogP contribution in [0.15, 0.2) is 30.3 Å². The molecule has 1 aliphatic heterocycles. The molecule has 24 heavy (non-hydrogen) atoms. The number of aromatic nitrogens is 2. The minimum atomic E-state index is 0.0684. The smallest absolute Gasteiger partial charge is 0.242 e. The van der Waals surface area contributed by atoms with Crippen LogP contribution in [0.2, 0.25) is 0 Å². The lowest BCUT2D eigenvalue weighted by Gasteiger charge is -2.35. The Bertz CT molecular complexity index is 729. The Hall–Kier alpha value is -2.83. The van der Waals surface area contributed by atoms with Gasteiger partial charge in [0.2, 0.25) is 11.9 Å². The van der Waals surface area contributed by atoms with E-state index in [9.17, 15) is 4.79 Å². The van der Waals surface area contributed by atoms with E-state index >= 15 is 0 Å². The molecule has 2 N–H and O–H groups in total. The number of amides is 1. The van der Waals surface area contributed by atoms with Gasteiger partial charge in [-0.1, -0.05) is 12.1 Å². The molecule has 7 nitrogen and oxygen atoms in total. The van der Waals surface area contributed by atoms with Crippen LogP contribution in [-0.4, -0.2) is 47.5 Å². The molecule has 7 heteroatoms. The van der Waals surface area contributed by atoms with Gasteiger partial charge in [-0.3, -0.25) is 4.79 Å². The lowest BCUT2D eigenvalue weighted by molar-refractivity contribution is -0.131. The molecule has 0 radical (unpaired) electrons. The van der Waals surface area contributed by atoms with E-state index < -0.39 is 0 Å². The summed E-state index contributed by atoms with van der Waals surface area (Å²) in [6.45, 7) is 4.08. The number of methoxy groups -OCH3 is 1. The van der Waals surface area contributed by atoms with E-state index in [1.54, 1.807) is 7.11 Å². The molecule has 0 aliphatic carbocycles. The molecule has 1 aliphatic rings. The highest BCUT2D eigenvalue weighted by molar-refractivity contribution is 5.82. The number of carbonyl (C=O) groups excluding carboxylic acids is 1. The Balaban J connectivity index is 1.67. The van der Waals surface area contributed by atoms with Crippen LogP contribution < -0.4 is 15.4 Å². The van der Waals surface area contributed by atoms with E-state index in [1.165, 1.54) is 0 Å². The number of ether oxygens (including phenoxy) is 1. The number of benzene rings is 1. The van der Waals surface area contributed by atoms with Crippen LogP contribution in [0.5, 0.6) is 5.75 Å². The Labute approximate surface area is 141 Å². The van der Waals surface area contributed by atoms with E-state index in [2.05, 4.69) is 9.97 Å². The van der Waals surface area contributed by atoms with Crippen molar-refractivity contribution in [3.05, 3.63) is 41.6 Å². The number of nitrogens with zero attached hydrogens (tertiary/aromatic N) is 4. The summed E-state index contributed by atoms with van der Waals surface area (Å²) >= 11 is 0. The number of aryl methyl sites for hydroxylation is 1. The normalized spacial score (nSPS) is 14.8. The van der Waals surface area contributed by atoms with Crippen LogP contribution in [0, 0.1) is 6.92 Å². The van der Waals surface area contributed by atoms with Crippen molar-refractivity contribution in [3.8, 4) is 5.75 Å². The highest BCUT2D eigenvalue weighted by Crippen LogP contribution is 2.19. The van der Waals surface area contributed by atoms with Gasteiger partial charge in [0, 0.05) is 31.4 Å². The van der Waals surface area contributed by atoms with Crippen molar-refractivity contribution in [2.45, 2.75) is 13.5 Å². The zero-order valence-corrected chi connectivity index (χ0v) is 13.9. The number of anilines is 2. The molecular weight excluding hydrogens is 306 g/mol. The average Bonchev–Trinajstić information content (AvgIpc) is 2.56. The summed E-state index contributed by atoms with van der Waals surface area (Å²) in [5.41, 5.74) is 7.55. The molecule has 1 saturated heterocycles. The monoisotopic (exact) mass is 327 g/mol. The van der Waals surface area contributed by atoms with Gasteiger partial charge < -0.3 is 20.3 Å². The van der Waals surface area contributed by atoms with Gasteiger partial charge in [0.1, 0.15) is 11.6 Å². The molecule has 0 unspecified atom stereocenters. The van der Waals surface area contributed by atoms with Crippen molar-refractivity contribution in [1.29, 1.82) is 0 Å². The summed E-state index contributed by atoms with van der Waals surface area (Å²) in [5.74, 6) is 1.80. The topological polar surface area (TPSA) is 84.6 Å². The van der Waals surface area contributed by atoms with Gasteiger partial charge in [-0.15, -0.1) is 0 Å². The molecule has 2 heterocycles. The minimum absolute atomic E-state index is 0.0684. The Morgan fingerprint density at radius 2 is 2.08 bits per heavy atom. The van der Waals surface area contributed by atoms with Crippen LogP contribution in [0.4, 0.5) is 11.8 Å². The summed E-state index contributed by atoms with van der Waals surface area (Å²) < 4.78 is 5.23. The summed E-state index contributed by atoms with van der Waals surface area (Å²) in [5, 5.41) is 0. The van der Waals surface area contributed by atoms with Gasteiger partial charge in [0.15, 0.2) is 0 Å². The first-order valence-electron chi connectivity index (χ1n) is 7.82. The van der Waals surface area contributed by atoms with E-state index in [4.69, 9.17) is 10.5 Å². The van der Waals surface area contributed by atoms with Crippen molar-refractivity contribution < 1.29 is 9.53 Å². The average molecular weight is 327 g/mol. The lowest BCUT2D eigenvalue weighted by atomic mass is 10.2. The van der Waals surface area contributed by atoms with Crippen molar-refractivity contribution in [1.82, 2.24) is 14.9 Å². The number of carbonyl (C=O) groups is 1. The largest absolute Gasteiger partial charge is 0.497 e. The second-order valence-electron chi connectivity index (χ2n) is 5.81. The van der Waals surface area contributed by atoms with Crippen LogP contribution in [-0.2, 0) is 11.3 Å². The number of nitrogens with two attached hydrogens (primary N) is 1. The molecule has 0 atom stereocenters. The maximum Gasteiger partial charge on any atom is 0.242 e. The molecule has 3 rings (SSSR count). The molecule has 1 aromatic heterocycles. The van der Waals surface area contributed by atoms with Gasteiger partial charge >= 0.3 is 0 Å². The predicted molar refractivity (Wildman–Crippen MR) is 91.8 cm³/mol. The number of hydrogen-bond donors (Lipinski definition) is 1. The molecule has 2 aromatic rings.